The maximum atomic E-state index is 11.8. The number of nitrogens with one attached hydrogen (secondary N) is 1. The summed E-state index contributed by atoms with van der Waals surface area (Å²) in [6.45, 7) is 3.07. The Morgan fingerprint density at radius 1 is 1.35 bits per heavy atom. The summed E-state index contributed by atoms with van der Waals surface area (Å²) in [6, 6.07) is 4.72. The van der Waals surface area contributed by atoms with Crippen molar-refractivity contribution < 1.29 is 25.5 Å². The minimum absolute atomic E-state index is 0.0419. The van der Waals surface area contributed by atoms with Crippen molar-refractivity contribution in [2.45, 2.75) is 32.4 Å². The molecule has 0 radical (unpaired) electrons. The van der Waals surface area contributed by atoms with Crippen LogP contribution in [-0.4, -0.2) is 29.9 Å². The number of hydrogen-bond acceptors (Lipinski definition) is 5. The summed E-state index contributed by atoms with van der Waals surface area (Å²) >= 11 is 0. The Kier molecular flexibility index (Phi) is 4.45. The maximum absolute atomic E-state index is 11.8. The molecule has 0 bridgehead atoms. The highest BCUT2D eigenvalue weighted by molar-refractivity contribution is 5.82. The van der Waals surface area contributed by atoms with Gasteiger partial charge in [0.25, 0.3) is 0 Å². The van der Waals surface area contributed by atoms with Crippen LogP contribution in [0.2, 0.25) is 0 Å². The minimum Gasteiger partial charge on any atom is -0.508 e. The smallest absolute Gasteiger partial charge is 0.408 e. The normalized spacial score (nSPS) is 13.1. The molecule has 6 nitrogen and oxygen atoms in total. The molecule has 1 aromatic carbocycles. The van der Waals surface area contributed by atoms with Crippen molar-refractivity contribution in [2.75, 3.05) is 7.11 Å². The van der Waals surface area contributed by atoms with E-state index in [-0.39, 0.29) is 12.6 Å². The molecule has 0 fully saturated rings. The summed E-state index contributed by atoms with van der Waals surface area (Å²) in [5.74, 6) is -0.624. The number of carbonyl (C=O) groups is 2. The van der Waals surface area contributed by atoms with Crippen molar-refractivity contribution in [2.24, 2.45) is 0 Å². The number of aromatic hydroxyl groups is 1. The quantitative estimate of drug-likeness (QED) is 0.830. The van der Waals surface area contributed by atoms with Gasteiger partial charge in [0.15, 0.2) is 6.04 Å². The van der Waals surface area contributed by atoms with Crippen LogP contribution < -0.4 is 5.32 Å². The average Bonchev–Trinajstić information content (AvgIpc) is 2.44. The van der Waals surface area contributed by atoms with E-state index < -0.39 is 23.7 Å². The first kappa shape index (κ1) is 14.2. The summed E-state index contributed by atoms with van der Waals surface area (Å²) in [5.41, 5.74) is -0.514. The van der Waals surface area contributed by atoms with Gasteiger partial charge in [0.1, 0.15) is 11.4 Å². The van der Waals surface area contributed by atoms with E-state index in [1.165, 1.54) is 31.4 Å². The van der Waals surface area contributed by atoms with E-state index in [1.807, 2.05) is 0 Å². The van der Waals surface area contributed by atoms with E-state index in [2.05, 4.69) is 10.1 Å². The predicted octanol–water partition coefficient (Wildman–Crippen LogP) is 2.13. The summed E-state index contributed by atoms with van der Waals surface area (Å²) in [6.07, 6.45) is -0.823. The highest BCUT2D eigenvalue weighted by Gasteiger charge is 2.26. The largest absolute Gasteiger partial charge is 0.508 e. The molecule has 1 atom stereocenters. The van der Waals surface area contributed by atoms with Crippen molar-refractivity contribution in [3.8, 4) is 5.75 Å². The number of phenolic OH excluding ortho intramolecular Hbond substituents is 1. The van der Waals surface area contributed by atoms with Gasteiger partial charge in [-0.05, 0) is 38.4 Å². The molecule has 0 saturated carbocycles. The van der Waals surface area contributed by atoms with Crippen molar-refractivity contribution in [1.29, 1.82) is 0 Å². The van der Waals surface area contributed by atoms with E-state index in [9.17, 15) is 14.7 Å². The van der Waals surface area contributed by atoms with Crippen LogP contribution in [0.1, 0.15) is 33.7 Å². The molecule has 1 rings (SSSR count). The van der Waals surface area contributed by atoms with Gasteiger partial charge >= 0.3 is 12.1 Å². The summed E-state index contributed by atoms with van der Waals surface area (Å²) in [5, 5.41) is 11.6. The van der Waals surface area contributed by atoms with Gasteiger partial charge in [-0.3, -0.25) is 0 Å². The van der Waals surface area contributed by atoms with Gasteiger partial charge in [-0.25, -0.2) is 9.59 Å². The lowest BCUT2D eigenvalue weighted by atomic mass is 10.1. The number of hydrogen-bond donors (Lipinski definition) is 2. The first-order valence-corrected chi connectivity index (χ1v) is 5.94. The molecule has 1 unspecified atom stereocenters. The summed E-state index contributed by atoms with van der Waals surface area (Å²) in [4.78, 5) is 23.6. The summed E-state index contributed by atoms with van der Waals surface area (Å²) in [7, 11) is 1.20. The molecule has 2 N–H and O–H groups in total. The monoisotopic (exact) mass is 282 g/mol. The van der Waals surface area contributed by atoms with Crippen LogP contribution in [0.4, 0.5) is 4.79 Å². The zero-order valence-electron chi connectivity index (χ0n) is 12.7. The maximum Gasteiger partial charge on any atom is 0.408 e. The molecule has 110 valence electrons. The fourth-order valence-electron chi connectivity index (χ4n) is 1.46. The molecule has 20 heavy (non-hydrogen) atoms. The van der Waals surface area contributed by atoms with Crippen LogP contribution in [0.15, 0.2) is 24.3 Å². The first-order chi connectivity index (χ1) is 9.79. The highest BCUT2D eigenvalue weighted by Crippen LogP contribution is 2.19. The Morgan fingerprint density at radius 2 is 1.95 bits per heavy atom. The number of esters is 1. The lowest BCUT2D eigenvalue weighted by Crippen LogP contribution is -2.38. The molecule has 0 saturated heterocycles. The number of methoxy groups -OCH3 is 1. The Labute approximate surface area is 119 Å². The topological polar surface area (TPSA) is 84.9 Å². The SMILES string of the molecule is [2H]CC(C)(C)OC(=O)NC(C(=O)OC)c1ccc(O)cc1. The number of amides is 1. The van der Waals surface area contributed by atoms with Crippen molar-refractivity contribution in [3.63, 3.8) is 0 Å². The lowest BCUT2D eigenvalue weighted by molar-refractivity contribution is -0.143. The third kappa shape index (κ3) is 4.79. The number of carbonyl (C=O) groups excluding carboxylic acids is 2. The van der Waals surface area contributed by atoms with Gasteiger partial charge in [-0.1, -0.05) is 12.1 Å². The van der Waals surface area contributed by atoms with Crippen LogP contribution in [-0.2, 0) is 14.3 Å². The zero-order valence-corrected chi connectivity index (χ0v) is 11.7. The van der Waals surface area contributed by atoms with Gasteiger partial charge in [0.2, 0.25) is 0 Å². The van der Waals surface area contributed by atoms with Crippen LogP contribution >= 0.6 is 0 Å². The Hall–Kier alpha value is -2.24. The van der Waals surface area contributed by atoms with Gasteiger partial charge in [-0.2, -0.15) is 0 Å². The zero-order chi connectivity index (χ0) is 16.0. The van der Waals surface area contributed by atoms with E-state index in [0.717, 1.165) is 0 Å². The Morgan fingerprint density at radius 3 is 2.45 bits per heavy atom. The van der Waals surface area contributed by atoms with Gasteiger partial charge in [0, 0.05) is 1.37 Å². The van der Waals surface area contributed by atoms with Gasteiger partial charge in [0.05, 0.1) is 7.11 Å². The van der Waals surface area contributed by atoms with E-state index >= 15 is 0 Å². The molecule has 1 aromatic rings. The molecule has 6 heteroatoms. The fourth-order valence-corrected chi connectivity index (χ4v) is 1.46. The molecular formula is C14H19NO5. The molecule has 0 aliphatic carbocycles. The standard InChI is InChI=1S/C14H19NO5/c1-14(2,3)20-13(18)15-11(12(17)19-4)9-5-7-10(16)8-6-9/h5-8,11,16H,1-4H3,(H,15,18)/i1D. The van der Waals surface area contributed by atoms with Crippen molar-refractivity contribution >= 4 is 12.1 Å². The third-order valence-electron chi connectivity index (χ3n) is 2.29. The van der Waals surface area contributed by atoms with Gasteiger partial charge in [-0.15, -0.1) is 0 Å². The second-order valence-electron chi connectivity index (χ2n) is 4.84. The van der Waals surface area contributed by atoms with Gasteiger partial charge < -0.3 is 19.9 Å². The predicted molar refractivity (Wildman–Crippen MR) is 72.2 cm³/mol. The molecule has 0 aliphatic heterocycles. The Bertz CT molecular complexity index is 501. The highest BCUT2D eigenvalue weighted by atomic mass is 16.6. The number of benzene rings is 1. The lowest BCUT2D eigenvalue weighted by Gasteiger charge is -2.22. The van der Waals surface area contributed by atoms with E-state index in [0.29, 0.717) is 5.56 Å². The molecular weight excluding hydrogens is 262 g/mol. The number of phenols is 1. The van der Waals surface area contributed by atoms with Crippen molar-refractivity contribution in [3.05, 3.63) is 29.8 Å². The van der Waals surface area contributed by atoms with Crippen LogP contribution in [0.25, 0.3) is 0 Å². The Balaban J connectivity index is 2.87. The summed E-state index contributed by atoms with van der Waals surface area (Å²) < 4.78 is 17.0. The minimum atomic E-state index is -1.05. The third-order valence-corrected chi connectivity index (χ3v) is 2.29. The van der Waals surface area contributed by atoms with Crippen LogP contribution in [0, 0.1) is 0 Å². The van der Waals surface area contributed by atoms with E-state index in [4.69, 9.17) is 6.11 Å². The van der Waals surface area contributed by atoms with Crippen LogP contribution in [0.5, 0.6) is 5.75 Å². The second-order valence-corrected chi connectivity index (χ2v) is 4.84. The molecule has 1 amide bonds. The van der Waals surface area contributed by atoms with Crippen LogP contribution in [0.3, 0.4) is 0 Å². The molecule has 0 aromatic heterocycles. The molecule has 0 spiro atoms. The van der Waals surface area contributed by atoms with E-state index in [1.54, 1.807) is 13.8 Å². The fraction of sp³-hybridized carbons (Fsp3) is 0.429. The first-order valence-electron chi connectivity index (χ1n) is 6.65. The number of ether oxygens (including phenoxy) is 2. The molecule has 0 aliphatic rings. The number of rotatable bonds is 3. The second kappa shape index (κ2) is 6.27. The molecule has 0 heterocycles. The van der Waals surface area contributed by atoms with Crippen molar-refractivity contribution in [1.82, 2.24) is 5.32 Å². The average molecular weight is 282 g/mol. The number of alkyl carbamates (subject to hydrolysis) is 1.